The van der Waals surface area contributed by atoms with Gasteiger partial charge in [-0.3, -0.25) is 0 Å². The minimum atomic E-state index is -0.169. The Morgan fingerprint density at radius 1 is 1.38 bits per heavy atom. The molecular weight excluding hydrogens is 203 g/mol. The minimum absolute atomic E-state index is 0.169. The molecular formula is C13H15FN2. The molecule has 0 saturated carbocycles. The highest BCUT2D eigenvalue weighted by atomic mass is 19.1. The van der Waals surface area contributed by atoms with Crippen molar-refractivity contribution in [2.45, 2.75) is 26.7 Å². The van der Waals surface area contributed by atoms with Crippen LogP contribution >= 0.6 is 0 Å². The first-order valence-electron chi connectivity index (χ1n) is 5.37. The first kappa shape index (κ1) is 10.9. The third-order valence-corrected chi connectivity index (χ3v) is 2.72. The smallest absolute Gasteiger partial charge is 0.131 e. The standard InChI is InChI=1S/C13H15FN2/c1-8-3-4-10(12(14)7-8)11-5-6-13(11)16-9(2)15/h3-4,7H,5-6H2,1-2H3,(H2,15,16). The molecule has 3 heteroatoms. The van der Waals surface area contributed by atoms with Crippen LogP contribution < -0.4 is 5.73 Å². The Bertz CT molecular complexity index is 483. The molecule has 0 unspecified atom stereocenters. The fourth-order valence-electron chi connectivity index (χ4n) is 1.85. The average molecular weight is 218 g/mol. The topological polar surface area (TPSA) is 38.4 Å². The van der Waals surface area contributed by atoms with Crippen LogP contribution in [-0.2, 0) is 0 Å². The third kappa shape index (κ3) is 1.98. The maximum absolute atomic E-state index is 13.7. The van der Waals surface area contributed by atoms with E-state index in [1.807, 2.05) is 19.1 Å². The zero-order chi connectivity index (χ0) is 11.7. The lowest BCUT2D eigenvalue weighted by Gasteiger charge is -2.21. The van der Waals surface area contributed by atoms with Crippen LogP contribution in [0.4, 0.5) is 4.39 Å². The molecule has 0 spiro atoms. The van der Waals surface area contributed by atoms with Crippen molar-refractivity contribution in [3.05, 3.63) is 40.8 Å². The Balaban J connectivity index is 2.42. The number of amidine groups is 1. The number of aryl methyl sites for hydroxylation is 1. The molecule has 16 heavy (non-hydrogen) atoms. The molecule has 0 bridgehead atoms. The Hall–Kier alpha value is -1.64. The highest BCUT2D eigenvalue weighted by Crippen LogP contribution is 2.38. The summed E-state index contributed by atoms with van der Waals surface area (Å²) in [6.45, 7) is 3.62. The number of nitrogens with zero attached hydrogens (tertiary/aromatic N) is 1. The van der Waals surface area contributed by atoms with Crippen LogP contribution in [0.15, 0.2) is 28.9 Å². The summed E-state index contributed by atoms with van der Waals surface area (Å²) < 4.78 is 13.7. The molecule has 0 radical (unpaired) electrons. The maximum Gasteiger partial charge on any atom is 0.131 e. The number of aliphatic imine (C=N–C) groups is 1. The zero-order valence-electron chi connectivity index (χ0n) is 9.55. The lowest BCUT2D eigenvalue weighted by molar-refractivity contribution is 0.619. The number of halogens is 1. The van der Waals surface area contributed by atoms with Gasteiger partial charge in [-0.25, -0.2) is 9.38 Å². The van der Waals surface area contributed by atoms with E-state index in [2.05, 4.69) is 4.99 Å². The number of nitrogens with two attached hydrogens (primary N) is 1. The molecule has 2 N–H and O–H groups in total. The van der Waals surface area contributed by atoms with E-state index in [1.165, 1.54) is 0 Å². The Morgan fingerprint density at radius 2 is 2.12 bits per heavy atom. The van der Waals surface area contributed by atoms with Gasteiger partial charge < -0.3 is 5.73 Å². The molecule has 1 aromatic rings. The fourth-order valence-corrected chi connectivity index (χ4v) is 1.85. The summed E-state index contributed by atoms with van der Waals surface area (Å²) in [7, 11) is 0. The summed E-state index contributed by atoms with van der Waals surface area (Å²) >= 11 is 0. The predicted molar refractivity (Wildman–Crippen MR) is 64.6 cm³/mol. The number of allylic oxidation sites excluding steroid dienone is 2. The van der Waals surface area contributed by atoms with Gasteiger partial charge in [-0.15, -0.1) is 0 Å². The Labute approximate surface area is 94.7 Å². The summed E-state index contributed by atoms with van der Waals surface area (Å²) in [4.78, 5) is 4.21. The lowest BCUT2D eigenvalue weighted by Crippen LogP contribution is -2.10. The van der Waals surface area contributed by atoms with E-state index in [9.17, 15) is 4.39 Å². The molecule has 0 saturated heterocycles. The van der Waals surface area contributed by atoms with Gasteiger partial charge in [0.15, 0.2) is 0 Å². The van der Waals surface area contributed by atoms with Crippen molar-refractivity contribution in [2.75, 3.05) is 0 Å². The Morgan fingerprint density at radius 3 is 2.62 bits per heavy atom. The van der Waals surface area contributed by atoms with E-state index >= 15 is 0 Å². The van der Waals surface area contributed by atoms with Crippen LogP contribution in [0.5, 0.6) is 0 Å². The monoisotopic (exact) mass is 218 g/mol. The molecule has 2 nitrogen and oxygen atoms in total. The van der Waals surface area contributed by atoms with Crippen molar-refractivity contribution in [3.63, 3.8) is 0 Å². The lowest BCUT2D eigenvalue weighted by atomic mass is 9.88. The summed E-state index contributed by atoms with van der Waals surface area (Å²) in [6, 6.07) is 5.29. The molecule has 84 valence electrons. The summed E-state index contributed by atoms with van der Waals surface area (Å²) in [5.74, 6) is 0.358. The predicted octanol–water partition coefficient (Wildman–Crippen LogP) is 3.02. The highest BCUT2D eigenvalue weighted by Gasteiger charge is 2.20. The van der Waals surface area contributed by atoms with E-state index in [0.29, 0.717) is 11.4 Å². The molecule has 0 fully saturated rings. The number of hydrogen-bond acceptors (Lipinski definition) is 1. The van der Waals surface area contributed by atoms with Crippen molar-refractivity contribution in [3.8, 4) is 0 Å². The molecule has 1 aliphatic rings. The molecule has 2 rings (SSSR count). The Kier molecular flexibility index (Phi) is 2.77. The van der Waals surface area contributed by atoms with Gasteiger partial charge in [0.1, 0.15) is 5.82 Å². The molecule has 0 aliphatic heterocycles. The summed E-state index contributed by atoms with van der Waals surface area (Å²) in [5.41, 5.74) is 9.03. The number of rotatable bonds is 2. The molecule has 0 aromatic heterocycles. The number of benzene rings is 1. The van der Waals surface area contributed by atoms with Gasteiger partial charge in [0.05, 0.1) is 5.84 Å². The quantitative estimate of drug-likeness (QED) is 0.601. The van der Waals surface area contributed by atoms with Crippen LogP contribution in [0.25, 0.3) is 5.57 Å². The molecule has 0 heterocycles. The van der Waals surface area contributed by atoms with Gasteiger partial charge in [-0.05, 0) is 43.9 Å². The van der Waals surface area contributed by atoms with E-state index in [1.54, 1.807) is 13.0 Å². The summed E-state index contributed by atoms with van der Waals surface area (Å²) in [5, 5.41) is 0. The minimum Gasteiger partial charge on any atom is -0.387 e. The SMILES string of the molecule is CC(N)=NC1=C(c2ccc(C)cc2F)CC1. The molecule has 0 amide bonds. The van der Waals surface area contributed by atoms with Gasteiger partial charge in [0.2, 0.25) is 0 Å². The largest absolute Gasteiger partial charge is 0.387 e. The van der Waals surface area contributed by atoms with Crippen LogP contribution in [0, 0.1) is 12.7 Å². The van der Waals surface area contributed by atoms with Crippen molar-refractivity contribution in [1.29, 1.82) is 0 Å². The van der Waals surface area contributed by atoms with E-state index in [-0.39, 0.29) is 5.82 Å². The molecule has 0 atom stereocenters. The van der Waals surface area contributed by atoms with Crippen LogP contribution in [-0.4, -0.2) is 5.84 Å². The first-order valence-corrected chi connectivity index (χ1v) is 5.37. The van der Waals surface area contributed by atoms with Crippen molar-refractivity contribution in [1.82, 2.24) is 0 Å². The second kappa shape index (κ2) is 4.08. The van der Waals surface area contributed by atoms with Crippen molar-refractivity contribution in [2.24, 2.45) is 10.7 Å². The maximum atomic E-state index is 13.7. The van der Waals surface area contributed by atoms with E-state index in [0.717, 1.165) is 29.7 Å². The average Bonchev–Trinajstić information content (AvgIpc) is 2.17. The molecule has 1 aliphatic carbocycles. The number of hydrogen-bond donors (Lipinski definition) is 1. The van der Waals surface area contributed by atoms with Gasteiger partial charge in [0, 0.05) is 11.3 Å². The van der Waals surface area contributed by atoms with Crippen molar-refractivity contribution >= 4 is 11.4 Å². The normalized spacial score (nSPS) is 16.3. The zero-order valence-corrected chi connectivity index (χ0v) is 9.55. The highest BCUT2D eigenvalue weighted by molar-refractivity contribution is 5.82. The first-order chi connectivity index (χ1) is 7.58. The van der Waals surface area contributed by atoms with Crippen LogP contribution in [0.2, 0.25) is 0 Å². The molecule has 1 aromatic carbocycles. The van der Waals surface area contributed by atoms with Gasteiger partial charge in [-0.2, -0.15) is 0 Å². The van der Waals surface area contributed by atoms with E-state index in [4.69, 9.17) is 5.73 Å². The summed E-state index contributed by atoms with van der Waals surface area (Å²) in [6.07, 6.45) is 1.77. The van der Waals surface area contributed by atoms with Gasteiger partial charge in [0.25, 0.3) is 0 Å². The van der Waals surface area contributed by atoms with E-state index < -0.39 is 0 Å². The van der Waals surface area contributed by atoms with Gasteiger partial charge >= 0.3 is 0 Å². The van der Waals surface area contributed by atoms with Crippen LogP contribution in [0.1, 0.15) is 30.9 Å². The van der Waals surface area contributed by atoms with Crippen LogP contribution in [0.3, 0.4) is 0 Å². The second-order valence-corrected chi connectivity index (χ2v) is 4.16. The van der Waals surface area contributed by atoms with Crippen molar-refractivity contribution < 1.29 is 4.39 Å². The third-order valence-electron chi connectivity index (χ3n) is 2.72. The second-order valence-electron chi connectivity index (χ2n) is 4.16. The van der Waals surface area contributed by atoms with Gasteiger partial charge in [-0.1, -0.05) is 12.1 Å². The fraction of sp³-hybridized carbons (Fsp3) is 0.308.